The molecule has 3 rings (SSSR count). The third-order valence-electron chi connectivity index (χ3n) is 5.39. The van der Waals surface area contributed by atoms with Crippen LogP contribution in [0, 0.1) is 5.92 Å². The molecule has 1 aromatic rings. The van der Waals surface area contributed by atoms with Crippen molar-refractivity contribution < 1.29 is 9.47 Å². The summed E-state index contributed by atoms with van der Waals surface area (Å²) < 4.78 is 13.5. The van der Waals surface area contributed by atoms with Gasteiger partial charge < -0.3 is 9.47 Å². The summed E-state index contributed by atoms with van der Waals surface area (Å²) in [6.07, 6.45) is 8.82. The van der Waals surface area contributed by atoms with Crippen molar-refractivity contribution in [1.29, 1.82) is 0 Å². The second-order valence-corrected chi connectivity index (χ2v) is 6.66. The third kappa shape index (κ3) is 3.36. The average molecular weight is 307 g/mol. The molecule has 124 valence electrons. The van der Waals surface area contributed by atoms with Gasteiger partial charge in [-0.3, -0.25) is 9.58 Å². The van der Waals surface area contributed by atoms with Crippen LogP contribution in [0.1, 0.15) is 38.2 Å². The zero-order chi connectivity index (χ0) is 15.4. The number of aryl methyl sites for hydroxylation is 1. The van der Waals surface area contributed by atoms with E-state index in [1.807, 2.05) is 10.9 Å². The van der Waals surface area contributed by atoms with Crippen LogP contribution in [0.15, 0.2) is 12.4 Å². The van der Waals surface area contributed by atoms with E-state index in [2.05, 4.69) is 23.1 Å². The summed E-state index contributed by atoms with van der Waals surface area (Å²) in [7, 11) is 1.79. The molecule has 2 aliphatic rings. The van der Waals surface area contributed by atoms with Gasteiger partial charge in [-0.2, -0.15) is 5.10 Å². The number of rotatable bonds is 6. The molecule has 0 amide bonds. The Balaban J connectivity index is 1.53. The lowest BCUT2D eigenvalue weighted by Crippen LogP contribution is -2.47. The lowest BCUT2D eigenvalue weighted by molar-refractivity contribution is -0.0721. The Hall–Kier alpha value is -0.910. The van der Waals surface area contributed by atoms with E-state index in [0.717, 1.165) is 58.7 Å². The molecule has 0 bridgehead atoms. The lowest BCUT2D eigenvalue weighted by atomic mass is 9.78. The number of likely N-dealkylation sites (tertiary alicyclic amines) is 1. The first-order chi connectivity index (χ1) is 10.8. The van der Waals surface area contributed by atoms with Gasteiger partial charge in [-0.1, -0.05) is 0 Å². The Morgan fingerprint density at radius 2 is 2.23 bits per heavy atom. The van der Waals surface area contributed by atoms with Crippen LogP contribution in [0.4, 0.5) is 0 Å². The normalized spacial score (nSPS) is 25.1. The summed E-state index contributed by atoms with van der Waals surface area (Å²) >= 11 is 0. The van der Waals surface area contributed by atoms with Crippen LogP contribution >= 0.6 is 0 Å². The van der Waals surface area contributed by atoms with Crippen molar-refractivity contribution in [2.45, 2.75) is 51.3 Å². The first-order valence-electron chi connectivity index (χ1n) is 8.62. The van der Waals surface area contributed by atoms with E-state index in [1.54, 1.807) is 7.11 Å². The van der Waals surface area contributed by atoms with Crippen molar-refractivity contribution >= 4 is 0 Å². The molecule has 1 spiro atoms. The van der Waals surface area contributed by atoms with Crippen molar-refractivity contribution in [3.8, 4) is 0 Å². The van der Waals surface area contributed by atoms with Gasteiger partial charge in [-0.15, -0.1) is 0 Å². The van der Waals surface area contributed by atoms with Gasteiger partial charge in [0.15, 0.2) is 0 Å². The molecule has 0 unspecified atom stereocenters. The second-order valence-electron chi connectivity index (χ2n) is 6.66. The number of ether oxygens (including phenoxy) is 2. The topological polar surface area (TPSA) is 39.5 Å². The maximum atomic E-state index is 6.21. The number of aromatic nitrogens is 2. The zero-order valence-electron chi connectivity index (χ0n) is 14.0. The van der Waals surface area contributed by atoms with E-state index in [1.165, 1.54) is 12.0 Å². The summed E-state index contributed by atoms with van der Waals surface area (Å²) in [5, 5.41) is 4.37. The SMILES string of the molecule is CCn1cc(CN2CCC3(CC2)OCC[C@H]3CCOC)cn1. The zero-order valence-corrected chi connectivity index (χ0v) is 14.0. The fourth-order valence-electron chi connectivity index (χ4n) is 4.01. The van der Waals surface area contributed by atoms with Crippen LogP contribution in [-0.4, -0.2) is 53.7 Å². The van der Waals surface area contributed by atoms with Gasteiger partial charge in [0.2, 0.25) is 0 Å². The van der Waals surface area contributed by atoms with Gasteiger partial charge >= 0.3 is 0 Å². The average Bonchev–Trinajstić information content (AvgIpc) is 3.15. The molecule has 0 saturated carbocycles. The summed E-state index contributed by atoms with van der Waals surface area (Å²) in [4.78, 5) is 2.54. The van der Waals surface area contributed by atoms with Gasteiger partial charge in [-0.05, 0) is 38.5 Å². The number of hydrogen-bond acceptors (Lipinski definition) is 4. The summed E-state index contributed by atoms with van der Waals surface area (Å²) in [6.45, 7) is 8.12. The molecule has 1 aromatic heterocycles. The molecular weight excluding hydrogens is 278 g/mol. The molecule has 0 aromatic carbocycles. The van der Waals surface area contributed by atoms with E-state index in [4.69, 9.17) is 9.47 Å². The van der Waals surface area contributed by atoms with Gasteiger partial charge in [0, 0.05) is 58.3 Å². The van der Waals surface area contributed by atoms with Crippen molar-refractivity contribution in [1.82, 2.24) is 14.7 Å². The van der Waals surface area contributed by atoms with Gasteiger partial charge in [0.1, 0.15) is 0 Å². The van der Waals surface area contributed by atoms with E-state index < -0.39 is 0 Å². The monoisotopic (exact) mass is 307 g/mol. The smallest absolute Gasteiger partial charge is 0.0736 e. The molecule has 0 N–H and O–H groups in total. The number of methoxy groups -OCH3 is 1. The predicted octanol–water partition coefficient (Wildman–Crippen LogP) is 2.31. The van der Waals surface area contributed by atoms with E-state index in [9.17, 15) is 0 Å². The second kappa shape index (κ2) is 7.11. The highest BCUT2D eigenvalue weighted by Gasteiger charge is 2.45. The van der Waals surface area contributed by atoms with Crippen molar-refractivity contribution in [2.24, 2.45) is 5.92 Å². The number of nitrogens with zero attached hydrogens (tertiary/aromatic N) is 3. The van der Waals surface area contributed by atoms with Crippen LogP contribution in [0.3, 0.4) is 0 Å². The molecule has 1 atom stereocenters. The van der Waals surface area contributed by atoms with Crippen LogP contribution in [0.5, 0.6) is 0 Å². The van der Waals surface area contributed by atoms with Gasteiger partial charge in [0.25, 0.3) is 0 Å². The summed E-state index contributed by atoms with van der Waals surface area (Å²) in [5.74, 6) is 0.678. The Morgan fingerprint density at radius 3 is 2.91 bits per heavy atom. The Morgan fingerprint density at radius 1 is 1.41 bits per heavy atom. The highest BCUT2D eigenvalue weighted by molar-refractivity contribution is 5.05. The molecule has 5 nitrogen and oxygen atoms in total. The van der Waals surface area contributed by atoms with Crippen molar-refractivity contribution in [3.63, 3.8) is 0 Å². The predicted molar refractivity (Wildman–Crippen MR) is 85.7 cm³/mol. The number of hydrogen-bond donors (Lipinski definition) is 0. The fraction of sp³-hybridized carbons (Fsp3) is 0.824. The Labute approximate surface area is 133 Å². The first-order valence-corrected chi connectivity index (χ1v) is 8.62. The molecule has 2 saturated heterocycles. The first kappa shape index (κ1) is 16.0. The highest BCUT2D eigenvalue weighted by Crippen LogP contribution is 2.42. The van der Waals surface area contributed by atoms with Crippen molar-refractivity contribution in [3.05, 3.63) is 18.0 Å². The standard InChI is InChI=1S/C17H29N3O2/c1-3-20-14-15(12-18-20)13-19-8-6-17(7-9-19)16(4-10-21-2)5-11-22-17/h12,14,16H,3-11,13H2,1-2H3/t16-/m1/s1. The minimum Gasteiger partial charge on any atom is -0.385 e. The molecule has 5 heteroatoms. The van der Waals surface area contributed by atoms with E-state index >= 15 is 0 Å². The van der Waals surface area contributed by atoms with Gasteiger partial charge in [-0.25, -0.2) is 0 Å². The summed E-state index contributed by atoms with van der Waals surface area (Å²) in [5.41, 5.74) is 1.45. The molecule has 22 heavy (non-hydrogen) atoms. The maximum absolute atomic E-state index is 6.21. The molecule has 2 fully saturated rings. The Kier molecular flexibility index (Phi) is 5.16. The fourth-order valence-corrected chi connectivity index (χ4v) is 4.01. The summed E-state index contributed by atoms with van der Waals surface area (Å²) in [6, 6.07) is 0. The third-order valence-corrected chi connectivity index (χ3v) is 5.39. The minimum absolute atomic E-state index is 0.128. The molecule has 2 aliphatic heterocycles. The minimum atomic E-state index is 0.128. The quantitative estimate of drug-likeness (QED) is 0.808. The molecule has 0 aliphatic carbocycles. The molecular formula is C17H29N3O2. The van der Waals surface area contributed by atoms with Crippen LogP contribution in [0.25, 0.3) is 0 Å². The maximum Gasteiger partial charge on any atom is 0.0736 e. The largest absolute Gasteiger partial charge is 0.385 e. The van der Waals surface area contributed by atoms with Crippen LogP contribution in [0.2, 0.25) is 0 Å². The van der Waals surface area contributed by atoms with E-state index in [-0.39, 0.29) is 5.60 Å². The molecule has 3 heterocycles. The van der Waals surface area contributed by atoms with E-state index in [0.29, 0.717) is 5.92 Å². The molecule has 0 radical (unpaired) electrons. The highest BCUT2D eigenvalue weighted by atomic mass is 16.5. The van der Waals surface area contributed by atoms with Crippen LogP contribution < -0.4 is 0 Å². The van der Waals surface area contributed by atoms with Crippen molar-refractivity contribution in [2.75, 3.05) is 33.4 Å². The Bertz CT molecular complexity index is 466. The number of piperidine rings is 1. The van der Waals surface area contributed by atoms with Crippen LogP contribution in [-0.2, 0) is 22.6 Å². The lowest BCUT2D eigenvalue weighted by Gasteiger charge is -2.42. The van der Waals surface area contributed by atoms with Gasteiger partial charge in [0.05, 0.1) is 11.8 Å².